The number of nitrogens with two attached hydrogens (primary N) is 3. The molecule has 4 atom stereocenters. The third-order valence-electron chi connectivity index (χ3n) is 4.52. The molecule has 0 saturated carbocycles. The van der Waals surface area contributed by atoms with Crippen LogP contribution in [0.2, 0.25) is 0 Å². The summed E-state index contributed by atoms with van der Waals surface area (Å²) in [4.78, 5) is 59.2. The Morgan fingerprint density at radius 3 is 2.15 bits per heavy atom. The molecule has 190 valence electrons. The number of aromatic nitrogens is 2. The number of aliphatic carboxylic acids is 1. The summed E-state index contributed by atoms with van der Waals surface area (Å²) in [6.07, 6.45) is 2.91. The summed E-state index contributed by atoms with van der Waals surface area (Å²) in [7, 11) is 0. The average Bonchev–Trinajstić information content (AvgIpc) is 3.30. The van der Waals surface area contributed by atoms with Crippen molar-refractivity contribution in [2.45, 2.75) is 43.4 Å². The fourth-order valence-corrected chi connectivity index (χ4v) is 2.69. The van der Waals surface area contributed by atoms with Crippen molar-refractivity contribution >= 4 is 29.7 Å². The van der Waals surface area contributed by atoms with Gasteiger partial charge in [-0.2, -0.15) is 0 Å². The van der Waals surface area contributed by atoms with Crippen LogP contribution < -0.4 is 33.2 Å². The van der Waals surface area contributed by atoms with Gasteiger partial charge in [0.25, 0.3) is 0 Å². The van der Waals surface area contributed by atoms with E-state index in [-0.39, 0.29) is 31.8 Å². The molecule has 0 aliphatic heterocycles. The van der Waals surface area contributed by atoms with Crippen LogP contribution in [-0.4, -0.2) is 98.9 Å². The number of nitrogens with one attached hydrogen (secondary N) is 4. The molecule has 4 unspecified atom stereocenters. The number of nitrogens with zero attached hydrogens (tertiary/aromatic N) is 2. The molecule has 34 heavy (non-hydrogen) atoms. The first-order valence-electron chi connectivity index (χ1n) is 10.2. The number of aliphatic hydroxyl groups is 2. The molecule has 3 amide bonds. The third-order valence-corrected chi connectivity index (χ3v) is 4.52. The lowest BCUT2D eigenvalue weighted by atomic mass is 10.1. The number of hydrogen-bond acceptors (Lipinski definition) is 9. The van der Waals surface area contributed by atoms with Gasteiger partial charge in [0.2, 0.25) is 17.7 Å². The van der Waals surface area contributed by atoms with E-state index in [0.717, 1.165) is 0 Å². The minimum Gasteiger partial charge on any atom is -0.480 e. The molecule has 1 rings (SSSR count). The highest BCUT2D eigenvalue weighted by molar-refractivity contribution is 5.94. The number of rotatable bonds is 15. The Kier molecular flexibility index (Phi) is 12.0. The van der Waals surface area contributed by atoms with Crippen LogP contribution in [-0.2, 0) is 25.6 Å². The second-order valence-corrected chi connectivity index (χ2v) is 7.22. The number of amides is 3. The maximum atomic E-state index is 12.8. The van der Waals surface area contributed by atoms with Crippen molar-refractivity contribution in [2.75, 3.05) is 19.8 Å². The first-order valence-corrected chi connectivity index (χ1v) is 10.2. The van der Waals surface area contributed by atoms with E-state index in [1.54, 1.807) is 0 Å². The lowest BCUT2D eigenvalue weighted by molar-refractivity contribution is -0.142. The van der Waals surface area contributed by atoms with Gasteiger partial charge in [-0.1, -0.05) is 0 Å². The van der Waals surface area contributed by atoms with E-state index < -0.39 is 61.1 Å². The van der Waals surface area contributed by atoms with Gasteiger partial charge in [-0.15, -0.1) is 0 Å². The first kappa shape index (κ1) is 28.3. The molecule has 0 spiro atoms. The zero-order valence-electron chi connectivity index (χ0n) is 18.3. The lowest BCUT2D eigenvalue weighted by Crippen LogP contribution is -2.58. The Balaban J connectivity index is 2.93. The number of carboxylic acid groups (broad SMARTS) is 1. The second kappa shape index (κ2) is 14.4. The van der Waals surface area contributed by atoms with E-state index in [4.69, 9.17) is 22.3 Å². The second-order valence-electron chi connectivity index (χ2n) is 7.22. The SMILES string of the molecule is NC(N)=NCCCC(NC(=O)C(CO)NC(=O)C(N)CO)C(=O)NC(Cc1cnc[nH]1)C(=O)O. The number of guanidine groups is 1. The molecule has 0 aromatic carbocycles. The number of H-pyrrole nitrogens is 1. The summed E-state index contributed by atoms with van der Waals surface area (Å²) in [5.41, 5.74) is 16.4. The monoisotopic (exact) mass is 485 g/mol. The normalized spacial score (nSPS) is 14.2. The molecule has 1 aromatic rings. The highest BCUT2D eigenvalue weighted by atomic mass is 16.4. The van der Waals surface area contributed by atoms with E-state index in [2.05, 4.69) is 30.9 Å². The number of imidazole rings is 1. The fourth-order valence-electron chi connectivity index (χ4n) is 2.69. The molecular formula is C18H31N9O7. The quantitative estimate of drug-likeness (QED) is 0.0636. The number of carbonyl (C=O) groups is 4. The highest BCUT2D eigenvalue weighted by Gasteiger charge is 2.30. The minimum absolute atomic E-state index is 0.00694. The molecule has 13 N–H and O–H groups in total. The highest BCUT2D eigenvalue weighted by Crippen LogP contribution is 2.04. The van der Waals surface area contributed by atoms with Crippen LogP contribution in [0.3, 0.4) is 0 Å². The van der Waals surface area contributed by atoms with Crippen LogP contribution in [0.4, 0.5) is 0 Å². The molecule has 0 aliphatic carbocycles. The number of aromatic amines is 1. The maximum absolute atomic E-state index is 12.8. The Labute approximate surface area is 194 Å². The van der Waals surface area contributed by atoms with Crippen molar-refractivity contribution in [3.05, 3.63) is 18.2 Å². The van der Waals surface area contributed by atoms with Gasteiger partial charge in [0.1, 0.15) is 24.2 Å². The molecule has 1 heterocycles. The molecule has 0 radical (unpaired) electrons. The number of carbonyl (C=O) groups excluding carboxylic acids is 3. The molecular weight excluding hydrogens is 454 g/mol. The predicted molar refractivity (Wildman–Crippen MR) is 118 cm³/mol. The van der Waals surface area contributed by atoms with Crippen LogP contribution in [0.1, 0.15) is 18.5 Å². The molecule has 0 fully saturated rings. The van der Waals surface area contributed by atoms with E-state index >= 15 is 0 Å². The Morgan fingerprint density at radius 1 is 1.00 bits per heavy atom. The molecule has 0 aliphatic rings. The maximum Gasteiger partial charge on any atom is 0.326 e. The Morgan fingerprint density at radius 2 is 1.62 bits per heavy atom. The summed E-state index contributed by atoms with van der Waals surface area (Å²) in [6, 6.07) is -5.37. The van der Waals surface area contributed by atoms with Gasteiger partial charge in [-0.3, -0.25) is 19.4 Å². The Hall–Kier alpha value is -3.76. The van der Waals surface area contributed by atoms with Crippen LogP contribution in [0.25, 0.3) is 0 Å². The van der Waals surface area contributed by atoms with Crippen LogP contribution in [0.5, 0.6) is 0 Å². The third kappa shape index (κ3) is 9.80. The van der Waals surface area contributed by atoms with Gasteiger partial charge in [-0.25, -0.2) is 9.78 Å². The number of carboxylic acids is 1. The summed E-state index contributed by atoms with van der Waals surface area (Å²) in [6.45, 7) is -1.38. The van der Waals surface area contributed by atoms with Crippen molar-refractivity contribution in [3.8, 4) is 0 Å². The zero-order chi connectivity index (χ0) is 25.7. The summed E-state index contributed by atoms with van der Waals surface area (Å²) in [5, 5.41) is 34.8. The minimum atomic E-state index is -1.47. The molecule has 0 saturated heterocycles. The fraction of sp³-hybridized carbons (Fsp3) is 0.556. The van der Waals surface area contributed by atoms with E-state index in [1.807, 2.05) is 0 Å². The zero-order valence-corrected chi connectivity index (χ0v) is 18.3. The van der Waals surface area contributed by atoms with Gasteiger partial charge in [0, 0.05) is 24.9 Å². The number of aliphatic imine (C=N–C) groups is 1. The van der Waals surface area contributed by atoms with E-state index in [9.17, 15) is 29.4 Å². The van der Waals surface area contributed by atoms with Crippen LogP contribution in [0, 0.1) is 0 Å². The smallest absolute Gasteiger partial charge is 0.326 e. The summed E-state index contributed by atoms with van der Waals surface area (Å²) < 4.78 is 0. The van der Waals surface area contributed by atoms with Gasteiger partial charge in [0.15, 0.2) is 5.96 Å². The molecule has 1 aromatic heterocycles. The predicted octanol–water partition coefficient (Wildman–Crippen LogP) is -5.14. The topological polar surface area (TPSA) is 284 Å². The van der Waals surface area contributed by atoms with Gasteiger partial charge >= 0.3 is 5.97 Å². The molecule has 0 bridgehead atoms. The molecule has 16 heteroatoms. The largest absolute Gasteiger partial charge is 0.480 e. The van der Waals surface area contributed by atoms with E-state index in [0.29, 0.717) is 5.69 Å². The van der Waals surface area contributed by atoms with Gasteiger partial charge < -0.3 is 53.5 Å². The lowest BCUT2D eigenvalue weighted by Gasteiger charge is -2.24. The summed E-state index contributed by atoms with van der Waals surface area (Å²) >= 11 is 0. The van der Waals surface area contributed by atoms with Crippen molar-refractivity contribution in [1.82, 2.24) is 25.9 Å². The standard InChI is InChI=1S/C18H31N9O7/c19-10(6-28)14(30)27-13(7-29)16(32)25-11(2-1-3-23-18(20)21)15(31)26-12(17(33)34)4-9-5-22-8-24-9/h5,8,10-13,28-29H,1-4,6-7,19H2,(H,22,24)(H,25,32)(H,26,31)(H,27,30)(H,33,34)(H4,20,21,23). The first-order chi connectivity index (χ1) is 16.1. The van der Waals surface area contributed by atoms with Crippen LogP contribution >= 0.6 is 0 Å². The number of aliphatic hydroxyl groups excluding tert-OH is 2. The van der Waals surface area contributed by atoms with E-state index in [1.165, 1.54) is 12.5 Å². The Bertz CT molecular complexity index is 843. The van der Waals surface area contributed by atoms with Gasteiger partial charge in [0.05, 0.1) is 19.5 Å². The molecule has 16 nitrogen and oxygen atoms in total. The summed E-state index contributed by atoms with van der Waals surface area (Å²) in [5.74, 6) is -4.12. The van der Waals surface area contributed by atoms with Crippen molar-refractivity contribution in [1.29, 1.82) is 0 Å². The average molecular weight is 486 g/mol. The van der Waals surface area contributed by atoms with Crippen molar-refractivity contribution < 1.29 is 34.5 Å². The number of hydrogen-bond donors (Lipinski definition) is 10. The van der Waals surface area contributed by atoms with Crippen molar-refractivity contribution in [3.63, 3.8) is 0 Å². The van der Waals surface area contributed by atoms with Crippen LogP contribution in [0.15, 0.2) is 17.5 Å². The van der Waals surface area contributed by atoms with Crippen molar-refractivity contribution in [2.24, 2.45) is 22.2 Å². The van der Waals surface area contributed by atoms with Gasteiger partial charge in [-0.05, 0) is 12.8 Å².